The molecule has 0 bridgehead atoms. The van der Waals surface area contributed by atoms with Crippen LogP contribution < -0.4 is 5.32 Å². The fraction of sp³-hybridized carbons (Fsp3) is 0.154. The smallest absolute Gasteiger partial charge is 0.222 e. The maximum absolute atomic E-state index is 13.1. The quantitative estimate of drug-likeness (QED) is 0.776. The molecule has 3 aromatic rings. The van der Waals surface area contributed by atoms with Crippen LogP contribution in [0.25, 0.3) is 11.0 Å². The number of rotatable bonds is 4. The second-order valence-corrected chi connectivity index (χ2v) is 4.68. The van der Waals surface area contributed by atoms with Crippen LogP contribution in [0.1, 0.15) is 5.82 Å². The molecule has 0 saturated carbocycles. The van der Waals surface area contributed by atoms with Crippen LogP contribution in [-0.4, -0.2) is 26.5 Å². The number of nitrogens with one attached hydrogen (secondary N) is 2. The number of H-pyrrole nitrogens is 1. The van der Waals surface area contributed by atoms with E-state index < -0.39 is 0 Å². The number of hydrogen-bond acceptors (Lipinski definition) is 4. The largest absolute Gasteiger partial charge is 0.354 e. The maximum Gasteiger partial charge on any atom is 0.222 e. The molecule has 0 saturated heterocycles. The van der Waals surface area contributed by atoms with E-state index in [1.165, 1.54) is 24.5 Å². The molecule has 2 N–H and O–H groups in total. The van der Waals surface area contributed by atoms with Crippen LogP contribution in [0.15, 0.2) is 30.6 Å². The standard InChI is InChI=1S/C13H11ClFN5/c14-8-6-17-13(18-7-8)16-4-3-12-19-10-2-1-9(15)5-11(10)20-12/h1-2,5-7H,3-4H2,(H,19,20)(H,16,17,18). The lowest BCUT2D eigenvalue weighted by molar-refractivity contribution is 0.629. The number of halogens is 2. The maximum atomic E-state index is 13.1. The molecule has 3 rings (SSSR count). The Morgan fingerprint density at radius 1 is 1.25 bits per heavy atom. The summed E-state index contributed by atoms with van der Waals surface area (Å²) in [6.45, 7) is 0.615. The van der Waals surface area contributed by atoms with E-state index >= 15 is 0 Å². The summed E-state index contributed by atoms with van der Waals surface area (Å²) in [6, 6.07) is 4.48. The molecule has 0 atom stereocenters. The van der Waals surface area contributed by atoms with Gasteiger partial charge in [0, 0.05) is 13.0 Å². The first-order valence-corrected chi connectivity index (χ1v) is 6.44. The Labute approximate surface area is 119 Å². The van der Waals surface area contributed by atoms with E-state index in [2.05, 4.69) is 25.3 Å². The Hall–Kier alpha value is -2.21. The average molecular weight is 292 g/mol. The van der Waals surface area contributed by atoms with Crippen LogP contribution in [0, 0.1) is 5.82 Å². The van der Waals surface area contributed by atoms with Crippen molar-refractivity contribution in [2.24, 2.45) is 0 Å². The number of anilines is 1. The molecule has 2 heterocycles. The minimum absolute atomic E-state index is 0.277. The predicted octanol–water partition coefficient (Wildman–Crippen LogP) is 2.80. The van der Waals surface area contributed by atoms with Crippen LogP contribution in [-0.2, 0) is 6.42 Å². The Balaban J connectivity index is 1.63. The van der Waals surface area contributed by atoms with Gasteiger partial charge in [-0.1, -0.05) is 11.6 Å². The van der Waals surface area contributed by atoms with Crippen LogP contribution in [0.4, 0.5) is 10.3 Å². The molecular weight excluding hydrogens is 281 g/mol. The van der Waals surface area contributed by atoms with Crippen molar-refractivity contribution < 1.29 is 4.39 Å². The molecule has 0 unspecified atom stereocenters. The molecule has 0 aliphatic heterocycles. The van der Waals surface area contributed by atoms with Gasteiger partial charge >= 0.3 is 0 Å². The van der Waals surface area contributed by atoms with E-state index in [0.717, 1.165) is 11.3 Å². The highest BCUT2D eigenvalue weighted by Crippen LogP contribution is 2.13. The molecule has 0 radical (unpaired) electrons. The first-order valence-electron chi connectivity index (χ1n) is 6.06. The third kappa shape index (κ3) is 2.85. The number of imidazole rings is 1. The highest BCUT2D eigenvalue weighted by molar-refractivity contribution is 6.30. The van der Waals surface area contributed by atoms with E-state index in [4.69, 9.17) is 11.6 Å². The second-order valence-electron chi connectivity index (χ2n) is 4.25. The number of aromatic nitrogens is 4. The first kappa shape index (κ1) is 12.8. The van der Waals surface area contributed by atoms with Gasteiger partial charge in [-0.2, -0.15) is 0 Å². The van der Waals surface area contributed by atoms with Crippen molar-refractivity contribution in [2.75, 3.05) is 11.9 Å². The van der Waals surface area contributed by atoms with Gasteiger partial charge in [0.15, 0.2) is 0 Å². The molecule has 102 valence electrons. The van der Waals surface area contributed by atoms with Crippen LogP contribution in [0.3, 0.4) is 0 Å². The lowest BCUT2D eigenvalue weighted by Gasteiger charge is -2.02. The monoisotopic (exact) mass is 291 g/mol. The summed E-state index contributed by atoms with van der Waals surface area (Å²) in [4.78, 5) is 15.5. The minimum atomic E-state index is -0.277. The SMILES string of the molecule is Fc1ccc2nc(CCNc3ncc(Cl)cn3)[nH]c2c1. The van der Waals surface area contributed by atoms with Gasteiger partial charge in [-0.25, -0.2) is 19.3 Å². The van der Waals surface area contributed by atoms with Crippen molar-refractivity contribution >= 4 is 28.6 Å². The van der Waals surface area contributed by atoms with Gasteiger partial charge in [-0.3, -0.25) is 0 Å². The number of aromatic amines is 1. The lowest BCUT2D eigenvalue weighted by atomic mass is 10.3. The van der Waals surface area contributed by atoms with Crippen molar-refractivity contribution in [3.63, 3.8) is 0 Å². The molecule has 0 aliphatic carbocycles. The molecule has 0 amide bonds. The summed E-state index contributed by atoms with van der Waals surface area (Å²) >= 11 is 5.70. The molecule has 7 heteroatoms. The van der Waals surface area contributed by atoms with Crippen molar-refractivity contribution in [3.8, 4) is 0 Å². The van der Waals surface area contributed by atoms with Gasteiger partial charge in [-0.05, 0) is 18.2 Å². The van der Waals surface area contributed by atoms with Gasteiger partial charge < -0.3 is 10.3 Å². The fourth-order valence-electron chi connectivity index (χ4n) is 1.85. The third-order valence-electron chi connectivity index (χ3n) is 2.76. The highest BCUT2D eigenvalue weighted by atomic mass is 35.5. The van der Waals surface area contributed by atoms with Crippen LogP contribution >= 0.6 is 11.6 Å². The second kappa shape index (κ2) is 5.42. The van der Waals surface area contributed by atoms with Crippen molar-refractivity contribution in [1.29, 1.82) is 0 Å². The third-order valence-corrected chi connectivity index (χ3v) is 2.95. The van der Waals surface area contributed by atoms with E-state index in [-0.39, 0.29) is 5.82 Å². The van der Waals surface area contributed by atoms with Crippen LogP contribution in [0.5, 0.6) is 0 Å². The molecular formula is C13H11ClFN5. The predicted molar refractivity (Wildman–Crippen MR) is 75.3 cm³/mol. The summed E-state index contributed by atoms with van der Waals surface area (Å²) in [5.41, 5.74) is 1.45. The summed E-state index contributed by atoms with van der Waals surface area (Å²) in [7, 11) is 0. The van der Waals surface area contributed by atoms with E-state index in [0.29, 0.717) is 29.5 Å². The van der Waals surface area contributed by atoms with Gasteiger partial charge in [0.1, 0.15) is 11.6 Å². The highest BCUT2D eigenvalue weighted by Gasteiger charge is 2.04. The molecule has 1 aromatic carbocycles. The zero-order valence-corrected chi connectivity index (χ0v) is 11.2. The Kier molecular flexibility index (Phi) is 3.47. The Bertz CT molecular complexity index is 725. The average Bonchev–Trinajstić information content (AvgIpc) is 2.83. The van der Waals surface area contributed by atoms with Crippen molar-refractivity contribution in [3.05, 3.63) is 47.3 Å². The normalized spacial score (nSPS) is 10.9. The summed E-state index contributed by atoms with van der Waals surface area (Å²) < 4.78 is 13.1. The van der Waals surface area contributed by atoms with Gasteiger partial charge in [0.05, 0.1) is 28.4 Å². The summed E-state index contributed by atoms with van der Waals surface area (Å²) in [5, 5.41) is 3.56. The minimum Gasteiger partial charge on any atom is -0.354 e. The summed E-state index contributed by atoms with van der Waals surface area (Å²) in [6.07, 6.45) is 3.71. The molecule has 20 heavy (non-hydrogen) atoms. The number of nitrogens with zero attached hydrogens (tertiary/aromatic N) is 3. The molecule has 0 spiro atoms. The van der Waals surface area contributed by atoms with E-state index in [1.807, 2.05) is 0 Å². The molecule has 0 fully saturated rings. The van der Waals surface area contributed by atoms with Crippen molar-refractivity contribution in [2.45, 2.75) is 6.42 Å². The molecule has 2 aromatic heterocycles. The zero-order valence-electron chi connectivity index (χ0n) is 10.4. The van der Waals surface area contributed by atoms with Gasteiger partial charge in [-0.15, -0.1) is 0 Å². The fourth-order valence-corrected chi connectivity index (χ4v) is 1.95. The summed E-state index contributed by atoms with van der Waals surface area (Å²) in [5.74, 6) is 1.02. The number of benzene rings is 1. The van der Waals surface area contributed by atoms with Crippen molar-refractivity contribution in [1.82, 2.24) is 19.9 Å². The number of hydrogen-bond donors (Lipinski definition) is 2. The molecule has 5 nitrogen and oxygen atoms in total. The van der Waals surface area contributed by atoms with Gasteiger partial charge in [0.2, 0.25) is 5.95 Å². The topological polar surface area (TPSA) is 66.5 Å². The van der Waals surface area contributed by atoms with E-state index in [1.54, 1.807) is 6.07 Å². The lowest BCUT2D eigenvalue weighted by Crippen LogP contribution is -2.08. The van der Waals surface area contributed by atoms with Crippen LogP contribution in [0.2, 0.25) is 5.02 Å². The molecule has 0 aliphatic rings. The van der Waals surface area contributed by atoms with E-state index in [9.17, 15) is 4.39 Å². The van der Waals surface area contributed by atoms with Gasteiger partial charge in [0.25, 0.3) is 0 Å². The Morgan fingerprint density at radius 3 is 2.85 bits per heavy atom. The zero-order chi connectivity index (χ0) is 13.9. The number of fused-ring (bicyclic) bond motifs is 1. The first-order chi connectivity index (χ1) is 9.70. The Morgan fingerprint density at radius 2 is 2.05 bits per heavy atom.